The summed E-state index contributed by atoms with van der Waals surface area (Å²) in [6.45, 7) is 4.09. The predicted octanol–water partition coefficient (Wildman–Crippen LogP) is 2.17. The molecular weight excluding hydrogens is 302 g/mol. The van der Waals surface area contributed by atoms with Crippen molar-refractivity contribution in [1.29, 1.82) is 0 Å². The van der Waals surface area contributed by atoms with E-state index in [9.17, 15) is 4.79 Å². The van der Waals surface area contributed by atoms with Crippen LogP contribution in [0.4, 0.5) is 5.69 Å². The highest BCUT2D eigenvalue weighted by Gasteiger charge is 2.22. The zero-order valence-corrected chi connectivity index (χ0v) is 14.6. The van der Waals surface area contributed by atoms with Crippen LogP contribution < -0.4 is 20.3 Å². The summed E-state index contributed by atoms with van der Waals surface area (Å²) in [5.74, 6) is 1.76. The van der Waals surface area contributed by atoms with Gasteiger partial charge in [0.25, 0.3) is 0 Å². The Morgan fingerprint density at radius 3 is 3.12 bits per heavy atom. The van der Waals surface area contributed by atoms with E-state index in [0.717, 1.165) is 51.2 Å². The van der Waals surface area contributed by atoms with Crippen LogP contribution in [0, 0.1) is 5.92 Å². The SMILES string of the molecule is COc1cccc(N2CCCC(NC(=O)CCC3CCNC3)C2)c1. The summed E-state index contributed by atoms with van der Waals surface area (Å²) in [6, 6.07) is 8.41. The summed E-state index contributed by atoms with van der Waals surface area (Å²) >= 11 is 0. The third kappa shape index (κ3) is 4.63. The van der Waals surface area contributed by atoms with E-state index in [0.29, 0.717) is 12.3 Å². The molecule has 3 rings (SSSR count). The van der Waals surface area contributed by atoms with Crippen molar-refractivity contribution in [3.63, 3.8) is 0 Å². The predicted molar refractivity (Wildman–Crippen MR) is 96.6 cm³/mol. The molecule has 2 aliphatic heterocycles. The number of anilines is 1. The van der Waals surface area contributed by atoms with Crippen molar-refractivity contribution in [2.24, 2.45) is 5.92 Å². The van der Waals surface area contributed by atoms with E-state index in [1.807, 2.05) is 12.1 Å². The second-order valence-corrected chi connectivity index (χ2v) is 6.95. The maximum absolute atomic E-state index is 12.2. The van der Waals surface area contributed by atoms with Crippen LogP contribution in [0.2, 0.25) is 0 Å². The van der Waals surface area contributed by atoms with E-state index in [-0.39, 0.29) is 11.9 Å². The minimum absolute atomic E-state index is 0.208. The highest BCUT2D eigenvalue weighted by atomic mass is 16.5. The van der Waals surface area contributed by atoms with E-state index in [2.05, 4.69) is 27.7 Å². The number of hydrogen-bond donors (Lipinski definition) is 2. The third-order valence-electron chi connectivity index (χ3n) is 5.15. The number of carbonyl (C=O) groups excluding carboxylic acids is 1. The number of benzene rings is 1. The first-order valence-corrected chi connectivity index (χ1v) is 9.13. The molecule has 2 atom stereocenters. The monoisotopic (exact) mass is 331 g/mol. The highest BCUT2D eigenvalue weighted by molar-refractivity contribution is 5.76. The van der Waals surface area contributed by atoms with Crippen molar-refractivity contribution in [2.45, 2.75) is 38.1 Å². The minimum atomic E-state index is 0.208. The quantitative estimate of drug-likeness (QED) is 0.839. The lowest BCUT2D eigenvalue weighted by atomic mass is 10.0. The first-order chi connectivity index (χ1) is 11.7. The van der Waals surface area contributed by atoms with Gasteiger partial charge >= 0.3 is 0 Å². The van der Waals surface area contributed by atoms with Gasteiger partial charge in [-0.15, -0.1) is 0 Å². The maximum atomic E-state index is 12.2. The molecule has 2 N–H and O–H groups in total. The third-order valence-corrected chi connectivity index (χ3v) is 5.15. The molecule has 2 aliphatic rings. The van der Waals surface area contributed by atoms with Gasteiger partial charge in [-0.2, -0.15) is 0 Å². The van der Waals surface area contributed by atoms with Gasteiger partial charge < -0.3 is 20.3 Å². The molecule has 1 aromatic carbocycles. The fraction of sp³-hybridized carbons (Fsp3) is 0.632. The molecule has 5 heteroatoms. The van der Waals surface area contributed by atoms with Crippen molar-refractivity contribution in [2.75, 3.05) is 38.2 Å². The highest BCUT2D eigenvalue weighted by Crippen LogP contribution is 2.24. The van der Waals surface area contributed by atoms with E-state index < -0.39 is 0 Å². The summed E-state index contributed by atoms with van der Waals surface area (Å²) < 4.78 is 5.32. The lowest BCUT2D eigenvalue weighted by Crippen LogP contribution is -2.47. The van der Waals surface area contributed by atoms with Gasteiger partial charge in [-0.1, -0.05) is 6.07 Å². The molecule has 0 aliphatic carbocycles. The summed E-state index contributed by atoms with van der Waals surface area (Å²) in [5, 5.41) is 6.60. The molecule has 0 saturated carbocycles. The van der Waals surface area contributed by atoms with Gasteiger partial charge in [0.2, 0.25) is 5.91 Å². The second-order valence-electron chi connectivity index (χ2n) is 6.95. The van der Waals surface area contributed by atoms with E-state index >= 15 is 0 Å². The Hall–Kier alpha value is -1.75. The van der Waals surface area contributed by atoms with Crippen molar-refractivity contribution in [3.8, 4) is 5.75 Å². The lowest BCUT2D eigenvalue weighted by Gasteiger charge is -2.35. The molecule has 0 aromatic heterocycles. The topological polar surface area (TPSA) is 53.6 Å². The molecular formula is C19H29N3O2. The normalized spacial score (nSPS) is 24.0. The van der Waals surface area contributed by atoms with Gasteiger partial charge in [0.15, 0.2) is 0 Å². The number of nitrogens with zero attached hydrogens (tertiary/aromatic N) is 1. The van der Waals surface area contributed by atoms with Crippen LogP contribution in [0.1, 0.15) is 32.1 Å². The molecule has 2 unspecified atom stereocenters. The molecule has 1 amide bonds. The number of carbonyl (C=O) groups is 1. The minimum Gasteiger partial charge on any atom is -0.497 e. The van der Waals surface area contributed by atoms with Gasteiger partial charge in [0, 0.05) is 37.3 Å². The van der Waals surface area contributed by atoms with Crippen LogP contribution in [0.15, 0.2) is 24.3 Å². The number of ether oxygens (including phenoxy) is 1. The van der Waals surface area contributed by atoms with Crippen LogP contribution in [0.5, 0.6) is 5.75 Å². The summed E-state index contributed by atoms with van der Waals surface area (Å²) in [5.41, 5.74) is 1.17. The average molecular weight is 331 g/mol. The fourth-order valence-corrected chi connectivity index (χ4v) is 3.73. The number of piperidine rings is 1. The first-order valence-electron chi connectivity index (χ1n) is 9.13. The molecule has 132 valence electrons. The first kappa shape index (κ1) is 17.1. The Kier molecular flexibility index (Phi) is 5.96. The van der Waals surface area contributed by atoms with E-state index in [1.54, 1.807) is 7.11 Å². The van der Waals surface area contributed by atoms with Crippen LogP contribution in [0.3, 0.4) is 0 Å². The summed E-state index contributed by atoms with van der Waals surface area (Å²) in [4.78, 5) is 14.6. The number of nitrogens with one attached hydrogen (secondary N) is 2. The average Bonchev–Trinajstić information content (AvgIpc) is 3.14. The molecule has 5 nitrogen and oxygen atoms in total. The van der Waals surface area contributed by atoms with E-state index in [1.165, 1.54) is 12.1 Å². The van der Waals surface area contributed by atoms with Crippen LogP contribution in [0.25, 0.3) is 0 Å². The number of rotatable bonds is 6. The van der Waals surface area contributed by atoms with Gasteiger partial charge in [-0.25, -0.2) is 0 Å². The molecule has 24 heavy (non-hydrogen) atoms. The Balaban J connectivity index is 1.48. The fourth-order valence-electron chi connectivity index (χ4n) is 3.73. The zero-order chi connectivity index (χ0) is 16.8. The van der Waals surface area contributed by atoms with Crippen molar-refractivity contribution in [1.82, 2.24) is 10.6 Å². The molecule has 2 fully saturated rings. The van der Waals surface area contributed by atoms with Gasteiger partial charge in [0.1, 0.15) is 5.75 Å². The largest absolute Gasteiger partial charge is 0.497 e. The Bertz CT molecular complexity index is 543. The van der Waals surface area contributed by atoms with Crippen molar-refractivity contribution >= 4 is 11.6 Å². The standard InChI is InChI=1S/C19H29N3O2/c1-24-18-6-2-5-17(12-18)22-11-3-4-16(14-22)21-19(23)8-7-15-9-10-20-13-15/h2,5-6,12,15-16,20H,3-4,7-11,13-14H2,1H3,(H,21,23). The van der Waals surface area contributed by atoms with Crippen LogP contribution in [-0.4, -0.2) is 45.2 Å². The molecule has 0 bridgehead atoms. The zero-order valence-electron chi connectivity index (χ0n) is 14.6. The van der Waals surface area contributed by atoms with Crippen LogP contribution >= 0.6 is 0 Å². The molecule has 2 heterocycles. The Morgan fingerprint density at radius 2 is 2.33 bits per heavy atom. The smallest absolute Gasteiger partial charge is 0.220 e. The van der Waals surface area contributed by atoms with Crippen molar-refractivity contribution < 1.29 is 9.53 Å². The van der Waals surface area contributed by atoms with Crippen molar-refractivity contribution in [3.05, 3.63) is 24.3 Å². The maximum Gasteiger partial charge on any atom is 0.220 e. The molecule has 0 spiro atoms. The Morgan fingerprint density at radius 1 is 1.42 bits per heavy atom. The number of hydrogen-bond acceptors (Lipinski definition) is 4. The molecule has 1 aromatic rings. The van der Waals surface area contributed by atoms with Crippen LogP contribution in [-0.2, 0) is 4.79 Å². The molecule has 2 saturated heterocycles. The van der Waals surface area contributed by atoms with E-state index in [4.69, 9.17) is 4.74 Å². The number of methoxy groups -OCH3 is 1. The molecule has 0 radical (unpaired) electrons. The van der Waals surface area contributed by atoms with Gasteiger partial charge in [-0.05, 0) is 56.8 Å². The number of amides is 1. The lowest BCUT2D eigenvalue weighted by molar-refractivity contribution is -0.122. The Labute approximate surface area is 144 Å². The van der Waals surface area contributed by atoms with Gasteiger partial charge in [0.05, 0.1) is 7.11 Å². The second kappa shape index (κ2) is 8.38. The van der Waals surface area contributed by atoms with Gasteiger partial charge in [-0.3, -0.25) is 4.79 Å². The summed E-state index contributed by atoms with van der Waals surface area (Å²) in [7, 11) is 1.69. The summed E-state index contributed by atoms with van der Waals surface area (Å²) in [6.07, 6.45) is 5.04.